The van der Waals surface area contributed by atoms with E-state index in [0.717, 1.165) is 17.0 Å². The third-order valence-electron chi connectivity index (χ3n) is 6.52. The molecule has 1 fully saturated rings. The SMILES string of the molecule is COC(=O)c1ccc(NC(=O)CC2C(=O)N(c3cccc(C(F)(F)F)c3)C(=S)N2Cc2ccc(OC)c(OC)c2)cc1. The third-order valence-corrected chi connectivity index (χ3v) is 6.94. The molecule has 1 aliphatic heterocycles. The van der Waals surface area contributed by atoms with Gasteiger partial charge in [0.05, 0.1) is 44.6 Å². The number of alkyl halides is 3. The number of carbonyl (C=O) groups is 3. The first-order chi connectivity index (χ1) is 20.0. The van der Waals surface area contributed by atoms with Crippen LogP contribution in [-0.4, -0.2) is 55.2 Å². The van der Waals surface area contributed by atoms with Gasteiger partial charge < -0.3 is 24.4 Å². The van der Waals surface area contributed by atoms with Crippen LogP contribution in [0.1, 0.15) is 27.9 Å². The lowest BCUT2D eigenvalue weighted by Gasteiger charge is -2.24. The maximum Gasteiger partial charge on any atom is 0.416 e. The molecule has 3 aromatic rings. The van der Waals surface area contributed by atoms with Gasteiger partial charge in [-0.25, -0.2) is 4.79 Å². The molecule has 4 rings (SSSR count). The van der Waals surface area contributed by atoms with E-state index in [1.165, 1.54) is 62.6 Å². The minimum Gasteiger partial charge on any atom is -0.493 e. The molecule has 0 radical (unpaired) electrons. The van der Waals surface area contributed by atoms with Crippen molar-refractivity contribution in [3.05, 3.63) is 83.4 Å². The molecule has 1 N–H and O–H groups in total. The number of rotatable bonds is 9. The zero-order valence-electron chi connectivity index (χ0n) is 22.7. The summed E-state index contributed by atoms with van der Waals surface area (Å²) in [6, 6.07) is 14.1. The molecule has 0 saturated carbocycles. The van der Waals surface area contributed by atoms with Gasteiger partial charge in [0.1, 0.15) is 6.04 Å². The predicted octanol–water partition coefficient (Wildman–Crippen LogP) is 5.04. The van der Waals surface area contributed by atoms with Crippen molar-refractivity contribution >= 4 is 46.5 Å². The highest BCUT2D eigenvalue weighted by molar-refractivity contribution is 7.80. The number of thiocarbonyl (C=S) groups is 1. The molecule has 0 bridgehead atoms. The Morgan fingerprint density at radius 3 is 2.26 bits per heavy atom. The average Bonchev–Trinajstić information content (AvgIpc) is 3.20. The van der Waals surface area contributed by atoms with Gasteiger partial charge in [-0.1, -0.05) is 12.1 Å². The van der Waals surface area contributed by atoms with Crippen LogP contribution in [0.15, 0.2) is 66.7 Å². The molecule has 42 heavy (non-hydrogen) atoms. The monoisotopic (exact) mass is 601 g/mol. The van der Waals surface area contributed by atoms with Gasteiger partial charge in [-0.05, 0) is 72.4 Å². The van der Waals surface area contributed by atoms with E-state index in [0.29, 0.717) is 22.7 Å². The molecule has 2 amide bonds. The summed E-state index contributed by atoms with van der Waals surface area (Å²) in [4.78, 5) is 40.9. The van der Waals surface area contributed by atoms with Gasteiger partial charge in [-0.2, -0.15) is 13.2 Å². The Bertz CT molecular complexity index is 1510. The molecule has 9 nitrogen and oxygen atoms in total. The highest BCUT2D eigenvalue weighted by atomic mass is 32.1. The van der Waals surface area contributed by atoms with Crippen LogP contribution in [0.3, 0.4) is 0 Å². The van der Waals surface area contributed by atoms with Crippen LogP contribution in [0.5, 0.6) is 11.5 Å². The molecule has 1 atom stereocenters. The first kappa shape index (κ1) is 30.3. The Labute approximate surface area is 244 Å². The number of hydrogen-bond acceptors (Lipinski definition) is 7. The molecule has 220 valence electrons. The van der Waals surface area contributed by atoms with E-state index in [2.05, 4.69) is 10.1 Å². The van der Waals surface area contributed by atoms with E-state index in [-0.39, 0.29) is 29.3 Å². The van der Waals surface area contributed by atoms with Gasteiger partial charge in [0.2, 0.25) is 5.91 Å². The van der Waals surface area contributed by atoms with Crippen molar-refractivity contribution in [1.82, 2.24) is 4.90 Å². The second kappa shape index (κ2) is 12.5. The van der Waals surface area contributed by atoms with Gasteiger partial charge >= 0.3 is 12.1 Å². The molecule has 1 saturated heterocycles. The fraction of sp³-hybridized carbons (Fsp3) is 0.241. The van der Waals surface area contributed by atoms with Gasteiger partial charge in [-0.3, -0.25) is 14.5 Å². The Morgan fingerprint density at radius 1 is 0.952 bits per heavy atom. The lowest BCUT2D eigenvalue weighted by Crippen LogP contribution is -2.37. The fourth-order valence-corrected chi connectivity index (χ4v) is 4.83. The van der Waals surface area contributed by atoms with Crippen LogP contribution in [0.4, 0.5) is 24.5 Å². The summed E-state index contributed by atoms with van der Waals surface area (Å²) in [5.41, 5.74) is 0.279. The number of ether oxygens (including phenoxy) is 3. The van der Waals surface area contributed by atoms with Crippen LogP contribution in [0.2, 0.25) is 0 Å². The number of amides is 2. The Kier molecular flexibility index (Phi) is 9.00. The van der Waals surface area contributed by atoms with Gasteiger partial charge in [0.15, 0.2) is 16.6 Å². The number of hydrogen-bond donors (Lipinski definition) is 1. The predicted molar refractivity (Wildman–Crippen MR) is 151 cm³/mol. The molecule has 0 aliphatic carbocycles. The molecule has 3 aromatic carbocycles. The average molecular weight is 602 g/mol. The van der Waals surface area contributed by atoms with E-state index >= 15 is 0 Å². The highest BCUT2D eigenvalue weighted by Gasteiger charge is 2.44. The summed E-state index contributed by atoms with van der Waals surface area (Å²) in [6.07, 6.45) is -5.00. The van der Waals surface area contributed by atoms with Gasteiger partial charge in [0, 0.05) is 12.2 Å². The molecule has 1 unspecified atom stereocenters. The van der Waals surface area contributed by atoms with Crippen LogP contribution >= 0.6 is 12.2 Å². The molecule has 0 spiro atoms. The Morgan fingerprint density at radius 2 is 1.64 bits per heavy atom. The maximum absolute atomic E-state index is 13.7. The Balaban J connectivity index is 1.64. The van der Waals surface area contributed by atoms with E-state index in [1.807, 2.05) is 0 Å². The number of halogens is 3. The second-order valence-electron chi connectivity index (χ2n) is 9.16. The van der Waals surface area contributed by atoms with Gasteiger partial charge in [0.25, 0.3) is 5.91 Å². The number of carbonyl (C=O) groups excluding carboxylic acids is 3. The minimum atomic E-state index is -4.64. The van der Waals surface area contributed by atoms with Crippen LogP contribution in [0, 0.1) is 0 Å². The van der Waals surface area contributed by atoms with E-state index in [4.69, 9.17) is 21.7 Å². The van der Waals surface area contributed by atoms with E-state index in [1.54, 1.807) is 18.2 Å². The quantitative estimate of drug-likeness (QED) is 0.269. The molecular weight excluding hydrogens is 575 g/mol. The van der Waals surface area contributed by atoms with Crippen molar-refractivity contribution in [2.45, 2.75) is 25.2 Å². The van der Waals surface area contributed by atoms with Crippen LogP contribution in [-0.2, 0) is 27.0 Å². The maximum atomic E-state index is 13.7. The number of nitrogens with one attached hydrogen (secondary N) is 1. The summed E-state index contributed by atoms with van der Waals surface area (Å²) in [5.74, 6) is -0.855. The molecule has 1 aliphatic rings. The van der Waals surface area contributed by atoms with Crippen molar-refractivity contribution in [1.29, 1.82) is 0 Å². The number of esters is 1. The normalized spacial score (nSPS) is 15.0. The lowest BCUT2D eigenvalue weighted by atomic mass is 10.1. The lowest BCUT2D eigenvalue weighted by molar-refractivity contribution is -0.137. The minimum absolute atomic E-state index is 0.0478. The molecular formula is C29H26F3N3O6S. The second-order valence-corrected chi connectivity index (χ2v) is 9.52. The first-order valence-corrected chi connectivity index (χ1v) is 12.9. The smallest absolute Gasteiger partial charge is 0.416 e. The summed E-state index contributed by atoms with van der Waals surface area (Å²) in [7, 11) is 4.19. The van der Waals surface area contributed by atoms with Crippen molar-refractivity contribution in [2.24, 2.45) is 0 Å². The summed E-state index contributed by atoms with van der Waals surface area (Å²) < 4.78 is 55.6. The standard InChI is InChI=1S/C29H26F3N3O6S/c1-39-23-12-7-17(13-24(23)40-2)16-34-22(15-25(36)33-20-10-8-18(9-11-20)27(38)41-3)26(37)35(28(34)42)21-6-4-5-19(14-21)29(30,31)32/h4-14,22H,15-16H2,1-3H3,(H,33,36). The zero-order chi connectivity index (χ0) is 30.6. The van der Waals surface area contributed by atoms with E-state index < -0.39 is 35.6 Å². The molecule has 1 heterocycles. The highest BCUT2D eigenvalue weighted by Crippen LogP contribution is 2.35. The van der Waals surface area contributed by atoms with Crippen LogP contribution < -0.4 is 19.7 Å². The topological polar surface area (TPSA) is 97.4 Å². The number of anilines is 2. The number of nitrogens with zero attached hydrogens (tertiary/aromatic N) is 2. The third kappa shape index (κ3) is 6.46. The zero-order valence-corrected chi connectivity index (χ0v) is 23.5. The first-order valence-electron chi connectivity index (χ1n) is 12.5. The van der Waals surface area contributed by atoms with E-state index in [9.17, 15) is 27.6 Å². The summed E-state index contributed by atoms with van der Waals surface area (Å²) in [6.45, 7) is 0.0478. The van der Waals surface area contributed by atoms with Crippen molar-refractivity contribution in [3.63, 3.8) is 0 Å². The van der Waals surface area contributed by atoms with Crippen molar-refractivity contribution in [3.8, 4) is 11.5 Å². The van der Waals surface area contributed by atoms with Gasteiger partial charge in [-0.15, -0.1) is 0 Å². The summed E-state index contributed by atoms with van der Waals surface area (Å²) >= 11 is 5.59. The van der Waals surface area contributed by atoms with Crippen molar-refractivity contribution < 1.29 is 41.8 Å². The van der Waals surface area contributed by atoms with Crippen LogP contribution in [0.25, 0.3) is 0 Å². The Hall–Kier alpha value is -4.65. The molecule has 13 heteroatoms. The largest absolute Gasteiger partial charge is 0.493 e. The number of methoxy groups -OCH3 is 3. The number of benzene rings is 3. The summed E-state index contributed by atoms with van der Waals surface area (Å²) in [5, 5.41) is 2.61. The fourth-order valence-electron chi connectivity index (χ4n) is 4.44. The van der Waals surface area contributed by atoms with Crippen molar-refractivity contribution in [2.75, 3.05) is 31.5 Å². The molecule has 0 aromatic heterocycles.